The van der Waals surface area contributed by atoms with E-state index in [0.29, 0.717) is 6.42 Å². The highest BCUT2D eigenvalue weighted by Crippen LogP contribution is 1.82. The Morgan fingerprint density at radius 1 is 1.00 bits per heavy atom. The summed E-state index contributed by atoms with van der Waals surface area (Å²) in [4.78, 5) is 9.63. The molecular weight excluding hydrogens is 176 g/mol. The number of hydrogen-bond acceptors (Lipinski definition) is 2. The first kappa shape index (κ1) is 15.6. The summed E-state index contributed by atoms with van der Waals surface area (Å²) >= 11 is 0. The van der Waals surface area contributed by atoms with Crippen molar-refractivity contribution >= 4 is 6.29 Å². The van der Waals surface area contributed by atoms with Crippen LogP contribution in [0.2, 0.25) is 0 Å². The third-order valence-corrected chi connectivity index (χ3v) is 1.33. The summed E-state index contributed by atoms with van der Waals surface area (Å²) < 4.78 is 0. The van der Waals surface area contributed by atoms with E-state index in [0.717, 1.165) is 25.5 Å². The number of hydrogen-bond donors (Lipinski definition) is 1. The minimum atomic E-state index is 0.274. The summed E-state index contributed by atoms with van der Waals surface area (Å²) in [7, 11) is 0. The normalized spacial score (nSPS) is 10.2. The van der Waals surface area contributed by atoms with Gasteiger partial charge in [-0.25, -0.2) is 0 Å². The van der Waals surface area contributed by atoms with Gasteiger partial charge in [0.1, 0.15) is 6.29 Å². The molecule has 0 amide bonds. The monoisotopic (exact) mass is 198 g/mol. The van der Waals surface area contributed by atoms with Gasteiger partial charge in [-0.05, 0) is 19.3 Å². The number of aliphatic hydroxyl groups excluding tert-OH is 1. The number of rotatable bonds is 6. The lowest BCUT2D eigenvalue weighted by Crippen LogP contribution is -1.73. The van der Waals surface area contributed by atoms with Crippen molar-refractivity contribution in [2.24, 2.45) is 0 Å². The summed E-state index contributed by atoms with van der Waals surface area (Å²) in [6.07, 6.45) is 12.2. The molecule has 0 atom stereocenters. The van der Waals surface area contributed by atoms with Crippen LogP contribution >= 0.6 is 0 Å². The van der Waals surface area contributed by atoms with Crippen molar-refractivity contribution in [3.63, 3.8) is 0 Å². The number of carbonyl (C=O) groups is 1. The molecule has 0 aliphatic carbocycles. The van der Waals surface area contributed by atoms with Gasteiger partial charge in [0.25, 0.3) is 0 Å². The molecule has 0 bridgehead atoms. The first-order chi connectivity index (χ1) is 6.83. The van der Waals surface area contributed by atoms with Crippen molar-refractivity contribution in [3.05, 3.63) is 24.3 Å². The molecule has 0 aromatic heterocycles. The van der Waals surface area contributed by atoms with Crippen molar-refractivity contribution in [2.75, 3.05) is 6.61 Å². The second-order valence-corrected chi connectivity index (χ2v) is 2.67. The molecule has 0 spiro atoms. The number of aliphatic hydroxyl groups is 1. The molecule has 0 aromatic rings. The molecule has 0 heterocycles. The van der Waals surface area contributed by atoms with Crippen LogP contribution in [-0.4, -0.2) is 18.0 Å². The summed E-state index contributed by atoms with van der Waals surface area (Å²) in [5.41, 5.74) is 0. The lowest BCUT2D eigenvalue weighted by molar-refractivity contribution is -0.107. The van der Waals surface area contributed by atoms with Crippen molar-refractivity contribution in [1.82, 2.24) is 0 Å². The van der Waals surface area contributed by atoms with Gasteiger partial charge in [-0.15, -0.1) is 0 Å². The van der Waals surface area contributed by atoms with Gasteiger partial charge in [-0.3, -0.25) is 0 Å². The molecule has 0 aromatic carbocycles. The summed E-state index contributed by atoms with van der Waals surface area (Å²) in [6, 6.07) is 0. The molecule has 0 fully saturated rings. The Bertz CT molecular complexity index is 148. The molecule has 0 saturated carbocycles. The Balaban J connectivity index is 0. The van der Waals surface area contributed by atoms with Gasteiger partial charge in [-0.1, -0.05) is 38.2 Å². The largest absolute Gasteiger partial charge is 0.396 e. The predicted molar refractivity (Wildman–Crippen MR) is 61.2 cm³/mol. The Labute approximate surface area is 87.3 Å². The van der Waals surface area contributed by atoms with Gasteiger partial charge in [0.05, 0.1) is 0 Å². The van der Waals surface area contributed by atoms with Crippen LogP contribution in [-0.2, 0) is 4.79 Å². The van der Waals surface area contributed by atoms with E-state index >= 15 is 0 Å². The SMILES string of the molecule is CC/C=C\CC=O.CC/C=C\CCO. The molecule has 14 heavy (non-hydrogen) atoms. The van der Waals surface area contributed by atoms with Crippen molar-refractivity contribution in [2.45, 2.75) is 39.5 Å². The highest BCUT2D eigenvalue weighted by Gasteiger charge is 1.69. The van der Waals surface area contributed by atoms with Crippen LogP contribution in [0.5, 0.6) is 0 Å². The topological polar surface area (TPSA) is 37.3 Å². The average molecular weight is 198 g/mol. The number of carbonyl (C=O) groups excluding carboxylic acids is 1. The minimum Gasteiger partial charge on any atom is -0.396 e. The molecule has 1 N–H and O–H groups in total. The van der Waals surface area contributed by atoms with Crippen molar-refractivity contribution in [1.29, 1.82) is 0 Å². The Morgan fingerprint density at radius 3 is 2.00 bits per heavy atom. The first-order valence-corrected chi connectivity index (χ1v) is 5.17. The van der Waals surface area contributed by atoms with E-state index in [1.54, 1.807) is 0 Å². The lowest BCUT2D eigenvalue weighted by atomic mass is 10.3. The number of allylic oxidation sites excluding steroid dienone is 3. The summed E-state index contributed by atoms with van der Waals surface area (Å²) in [6.45, 7) is 4.39. The zero-order valence-corrected chi connectivity index (χ0v) is 9.28. The Kier molecular flexibility index (Phi) is 20.0. The van der Waals surface area contributed by atoms with Crippen LogP contribution in [0, 0.1) is 0 Å². The highest BCUT2D eigenvalue weighted by molar-refractivity contribution is 5.51. The number of aldehydes is 1. The Hall–Kier alpha value is -0.890. The highest BCUT2D eigenvalue weighted by atomic mass is 16.2. The fourth-order valence-electron chi connectivity index (χ4n) is 0.678. The van der Waals surface area contributed by atoms with E-state index in [1.165, 1.54) is 0 Å². The molecule has 0 unspecified atom stereocenters. The maximum atomic E-state index is 9.63. The van der Waals surface area contributed by atoms with Gasteiger partial charge in [0.15, 0.2) is 0 Å². The first-order valence-electron chi connectivity index (χ1n) is 5.17. The fourth-order valence-corrected chi connectivity index (χ4v) is 0.678. The second kappa shape index (κ2) is 18.0. The zero-order chi connectivity index (χ0) is 11.1. The van der Waals surface area contributed by atoms with Crippen LogP contribution in [0.3, 0.4) is 0 Å². The van der Waals surface area contributed by atoms with Gasteiger partial charge < -0.3 is 9.90 Å². The van der Waals surface area contributed by atoms with Crippen LogP contribution in [0.25, 0.3) is 0 Å². The standard InChI is InChI=1S/C6H12O.C6H10O/c2*1-2-3-4-5-6-7/h3-4,7H,2,5-6H2,1H3;3-4,6H,2,5H2,1H3/b2*4-3-. The van der Waals surface area contributed by atoms with Crippen LogP contribution < -0.4 is 0 Å². The van der Waals surface area contributed by atoms with E-state index in [9.17, 15) is 4.79 Å². The van der Waals surface area contributed by atoms with Gasteiger partial charge in [-0.2, -0.15) is 0 Å². The predicted octanol–water partition coefficient (Wildman–Crippen LogP) is 2.88. The van der Waals surface area contributed by atoms with Gasteiger partial charge >= 0.3 is 0 Å². The molecule has 0 aliphatic rings. The smallest absolute Gasteiger partial charge is 0.123 e. The summed E-state index contributed by atoms with van der Waals surface area (Å²) in [5, 5.41) is 8.24. The van der Waals surface area contributed by atoms with Crippen molar-refractivity contribution < 1.29 is 9.90 Å². The van der Waals surface area contributed by atoms with Crippen LogP contribution in [0.1, 0.15) is 39.5 Å². The van der Waals surface area contributed by atoms with Crippen molar-refractivity contribution in [3.8, 4) is 0 Å². The van der Waals surface area contributed by atoms with E-state index in [1.807, 2.05) is 25.2 Å². The second-order valence-electron chi connectivity index (χ2n) is 2.67. The Morgan fingerprint density at radius 2 is 1.57 bits per heavy atom. The van der Waals surface area contributed by atoms with Crippen LogP contribution in [0.4, 0.5) is 0 Å². The lowest BCUT2D eigenvalue weighted by Gasteiger charge is -1.79. The fraction of sp³-hybridized carbons (Fsp3) is 0.583. The molecule has 0 saturated heterocycles. The van der Waals surface area contributed by atoms with E-state index in [2.05, 4.69) is 13.0 Å². The van der Waals surface area contributed by atoms with Crippen LogP contribution in [0.15, 0.2) is 24.3 Å². The molecule has 2 heteroatoms. The summed E-state index contributed by atoms with van der Waals surface area (Å²) in [5.74, 6) is 0. The molecule has 0 aliphatic heterocycles. The van der Waals surface area contributed by atoms with E-state index in [4.69, 9.17) is 5.11 Å². The molecular formula is C12H22O2. The maximum Gasteiger partial charge on any atom is 0.123 e. The quantitative estimate of drug-likeness (QED) is 0.526. The minimum absolute atomic E-state index is 0.274. The molecule has 82 valence electrons. The molecule has 0 radical (unpaired) electrons. The third-order valence-electron chi connectivity index (χ3n) is 1.33. The van der Waals surface area contributed by atoms with Gasteiger partial charge in [0.2, 0.25) is 0 Å². The third kappa shape index (κ3) is 22.5. The maximum absolute atomic E-state index is 9.63. The zero-order valence-electron chi connectivity index (χ0n) is 9.28. The van der Waals surface area contributed by atoms with E-state index < -0.39 is 0 Å². The molecule has 2 nitrogen and oxygen atoms in total. The van der Waals surface area contributed by atoms with Gasteiger partial charge in [0, 0.05) is 13.0 Å². The molecule has 0 rings (SSSR count). The average Bonchev–Trinajstić information content (AvgIpc) is 2.21. The van der Waals surface area contributed by atoms with E-state index in [-0.39, 0.29) is 6.61 Å².